The van der Waals surface area contributed by atoms with Crippen molar-refractivity contribution in [2.75, 3.05) is 26.7 Å². The molecule has 1 saturated heterocycles. The number of likely N-dealkylation sites (N-methyl/N-ethyl adjacent to an activating group) is 2. The normalized spacial score (nSPS) is 20.5. The van der Waals surface area contributed by atoms with Gasteiger partial charge in [0.1, 0.15) is 0 Å². The van der Waals surface area contributed by atoms with Gasteiger partial charge in [0.05, 0.1) is 6.04 Å². The van der Waals surface area contributed by atoms with Gasteiger partial charge >= 0.3 is 0 Å². The molecule has 0 radical (unpaired) electrons. The minimum absolute atomic E-state index is 0.101. The minimum atomic E-state index is -0.269. The van der Waals surface area contributed by atoms with Crippen molar-refractivity contribution in [2.24, 2.45) is 0 Å². The lowest BCUT2D eigenvalue weighted by Gasteiger charge is -2.26. The monoisotopic (exact) mass is 348 g/mol. The highest BCUT2D eigenvalue weighted by molar-refractivity contribution is 5.94. The van der Waals surface area contributed by atoms with E-state index in [9.17, 15) is 14.4 Å². The van der Waals surface area contributed by atoms with Crippen LogP contribution in [-0.4, -0.2) is 64.9 Å². The summed E-state index contributed by atoms with van der Waals surface area (Å²) in [7, 11) is 1.90. The van der Waals surface area contributed by atoms with E-state index in [-0.39, 0.29) is 29.5 Å². The summed E-state index contributed by atoms with van der Waals surface area (Å²) in [6, 6.07) is 2.70. The summed E-state index contributed by atoms with van der Waals surface area (Å²) in [6.45, 7) is 8.37. The molecule has 2 heterocycles. The summed E-state index contributed by atoms with van der Waals surface area (Å²) in [5.41, 5.74) is 0.171. The fourth-order valence-electron chi connectivity index (χ4n) is 3.32. The molecule has 2 atom stereocenters. The van der Waals surface area contributed by atoms with E-state index in [2.05, 4.69) is 5.32 Å². The Kier molecular flexibility index (Phi) is 6.36. The summed E-state index contributed by atoms with van der Waals surface area (Å²) < 4.78 is 1.54. The number of nitrogens with zero attached hydrogens (tertiary/aromatic N) is 3. The smallest absolute Gasteiger partial charge is 0.251 e. The summed E-state index contributed by atoms with van der Waals surface area (Å²) in [5.74, 6) is -0.163. The lowest BCUT2D eigenvalue weighted by molar-refractivity contribution is -0.135. The van der Waals surface area contributed by atoms with Crippen molar-refractivity contribution in [2.45, 2.75) is 45.8 Å². The number of hydrogen-bond acceptors (Lipinski definition) is 4. The van der Waals surface area contributed by atoms with E-state index < -0.39 is 0 Å². The van der Waals surface area contributed by atoms with Crippen LogP contribution in [0.15, 0.2) is 23.1 Å². The second kappa shape index (κ2) is 8.29. The molecule has 0 bridgehead atoms. The molecule has 1 aromatic rings. The van der Waals surface area contributed by atoms with Crippen LogP contribution in [0.1, 0.15) is 37.6 Å². The van der Waals surface area contributed by atoms with Crippen molar-refractivity contribution in [1.29, 1.82) is 0 Å². The zero-order chi connectivity index (χ0) is 18.6. The maximum absolute atomic E-state index is 12.6. The molecule has 1 aromatic heterocycles. The van der Waals surface area contributed by atoms with Gasteiger partial charge < -0.3 is 14.8 Å². The number of nitrogens with one attached hydrogen (secondary N) is 1. The lowest BCUT2D eigenvalue weighted by Crippen LogP contribution is -2.44. The Hall–Kier alpha value is -2.15. The van der Waals surface area contributed by atoms with Gasteiger partial charge in [-0.3, -0.25) is 19.3 Å². The molecule has 1 fully saturated rings. The number of pyridine rings is 1. The quantitative estimate of drug-likeness (QED) is 0.814. The Bertz CT molecular complexity index is 681. The Morgan fingerprint density at radius 2 is 1.96 bits per heavy atom. The SMILES string of the molecule is CCN(CC)C(=O)[C@@H]1C[C@H](NC(=O)c2ccn(CC)c(=O)c2)CN1C. The number of likely N-dealkylation sites (tertiary alicyclic amines) is 1. The average molecular weight is 348 g/mol. The molecule has 25 heavy (non-hydrogen) atoms. The highest BCUT2D eigenvalue weighted by atomic mass is 16.2. The second-order valence-corrected chi connectivity index (χ2v) is 6.41. The Morgan fingerprint density at radius 1 is 1.28 bits per heavy atom. The first kappa shape index (κ1) is 19.2. The first-order chi connectivity index (χ1) is 11.9. The van der Waals surface area contributed by atoms with Gasteiger partial charge in [0.15, 0.2) is 0 Å². The number of aryl methyl sites for hydroxylation is 1. The van der Waals surface area contributed by atoms with Crippen LogP contribution in [0.25, 0.3) is 0 Å². The van der Waals surface area contributed by atoms with Crippen molar-refractivity contribution in [3.8, 4) is 0 Å². The third-order valence-corrected chi connectivity index (χ3v) is 4.84. The molecule has 7 heteroatoms. The maximum Gasteiger partial charge on any atom is 0.251 e. The van der Waals surface area contributed by atoms with Crippen LogP contribution < -0.4 is 10.9 Å². The van der Waals surface area contributed by atoms with Crippen molar-refractivity contribution in [1.82, 2.24) is 19.7 Å². The first-order valence-electron chi connectivity index (χ1n) is 8.91. The molecular formula is C18H28N4O3. The fraction of sp³-hybridized carbons (Fsp3) is 0.611. The Balaban J connectivity index is 2.02. The summed E-state index contributed by atoms with van der Waals surface area (Å²) in [4.78, 5) is 40.6. The standard InChI is InChI=1S/C18H28N4O3/c1-5-21(6-2)18(25)15-11-14(12-20(15)4)19-17(24)13-8-9-22(7-3)16(23)10-13/h8-10,14-15H,5-7,11-12H2,1-4H3,(H,19,24)/t14-,15-/m0/s1. The van der Waals surface area contributed by atoms with Crippen molar-refractivity contribution in [3.05, 3.63) is 34.2 Å². The highest BCUT2D eigenvalue weighted by Gasteiger charge is 2.36. The van der Waals surface area contributed by atoms with E-state index in [1.165, 1.54) is 6.07 Å². The summed E-state index contributed by atoms with van der Waals surface area (Å²) in [5, 5.41) is 2.95. The minimum Gasteiger partial charge on any atom is -0.348 e. The van der Waals surface area contributed by atoms with E-state index in [1.807, 2.05) is 37.6 Å². The molecule has 0 aromatic carbocycles. The summed E-state index contributed by atoms with van der Waals surface area (Å²) >= 11 is 0. The van der Waals surface area contributed by atoms with Gasteiger partial charge in [-0.15, -0.1) is 0 Å². The molecule has 1 N–H and O–H groups in total. The van der Waals surface area contributed by atoms with Gasteiger partial charge in [-0.2, -0.15) is 0 Å². The molecule has 1 aliphatic heterocycles. The van der Waals surface area contributed by atoms with E-state index in [0.717, 1.165) is 0 Å². The third-order valence-electron chi connectivity index (χ3n) is 4.84. The number of aromatic nitrogens is 1. The zero-order valence-electron chi connectivity index (χ0n) is 15.5. The maximum atomic E-state index is 12.6. The number of rotatable bonds is 6. The van der Waals surface area contributed by atoms with Crippen LogP contribution in [0.3, 0.4) is 0 Å². The predicted molar refractivity (Wildman–Crippen MR) is 96.6 cm³/mol. The second-order valence-electron chi connectivity index (χ2n) is 6.41. The van der Waals surface area contributed by atoms with Crippen LogP contribution in [0.2, 0.25) is 0 Å². The van der Waals surface area contributed by atoms with Gasteiger partial charge in [0, 0.05) is 50.0 Å². The van der Waals surface area contributed by atoms with Gasteiger partial charge in [0.2, 0.25) is 5.91 Å². The third kappa shape index (κ3) is 4.28. The zero-order valence-corrected chi connectivity index (χ0v) is 15.5. The molecule has 0 unspecified atom stereocenters. The molecule has 0 aliphatic carbocycles. The highest BCUT2D eigenvalue weighted by Crippen LogP contribution is 2.18. The predicted octanol–water partition coefficient (Wildman–Crippen LogP) is 0.539. The topological polar surface area (TPSA) is 74.6 Å². The Labute approximate surface area is 148 Å². The number of carbonyl (C=O) groups excluding carboxylic acids is 2. The number of carbonyl (C=O) groups is 2. The van der Waals surface area contributed by atoms with Gasteiger partial charge in [-0.1, -0.05) is 0 Å². The van der Waals surface area contributed by atoms with E-state index in [4.69, 9.17) is 0 Å². The molecule has 138 valence electrons. The molecule has 1 aliphatic rings. The van der Waals surface area contributed by atoms with E-state index in [1.54, 1.807) is 16.8 Å². The van der Waals surface area contributed by atoms with Gasteiger partial charge in [0.25, 0.3) is 11.5 Å². The van der Waals surface area contributed by atoms with Gasteiger partial charge in [-0.05, 0) is 40.3 Å². The first-order valence-corrected chi connectivity index (χ1v) is 8.91. The van der Waals surface area contributed by atoms with Crippen LogP contribution in [0, 0.1) is 0 Å². The average Bonchev–Trinajstić information content (AvgIpc) is 2.95. The van der Waals surface area contributed by atoms with Crippen molar-refractivity contribution < 1.29 is 9.59 Å². The lowest BCUT2D eigenvalue weighted by atomic mass is 10.1. The van der Waals surface area contributed by atoms with Crippen LogP contribution in [0.5, 0.6) is 0 Å². The Morgan fingerprint density at radius 3 is 2.52 bits per heavy atom. The van der Waals surface area contributed by atoms with Crippen molar-refractivity contribution >= 4 is 11.8 Å². The van der Waals surface area contributed by atoms with E-state index >= 15 is 0 Å². The van der Waals surface area contributed by atoms with Crippen molar-refractivity contribution in [3.63, 3.8) is 0 Å². The molecule has 2 amide bonds. The molecular weight excluding hydrogens is 320 g/mol. The van der Waals surface area contributed by atoms with Crippen LogP contribution >= 0.6 is 0 Å². The molecule has 2 rings (SSSR count). The van der Waals surface area contributed by atoms with Crippen LogP contribution in [0.4, 0.5) is 0 Å². The largest absolute Gasteiger partial charge is 0.348 e. The molecule has 7 nitrogen and oxygen atoms in total. The molecule has 0 spiro atoms. The fourth-order valence-corrected chi connectivity index (χ4v) is 3.32. The number of hydrogen-bond donors (Lipinski definition) is 1. The number of amides is 2. The molecule has 0 saturated carbocycles. The van der Waals surface area contributed by atoms with E-state index in [0.29, 0.717) is 38.2 Å². The summed E-state index contributed by atoms with van der Waals surface area (Å²) in [6.07, 6.45) is 2.22. The van der Waals surface area contributed by atoms with Gasteiger partial charge in [-0.25, -0.2) is 0 Å². The van der Waals surface area contributed by atoms with Crippen LogP contribution in [-0.2, 0) is 11.3 Å².